The first-order valence-electron chi connectivity index (χ1n) is 4.66. The number of rotatable bonds is 3. The highest BCUT2D eigenvalue weighted by Gasteiger charge is 2.14. The second-order valence-electron chi connectivity index (χ2n) is 3.38. The summed E-state index contributed by atoms with van der Waals surface area (Å²) in [7, 11) is 0. The number of nitro groups is 1. The van der Waals surface area contributed by atoms with Gasteiger partial charge in [0.25, 0.3) is 5.69 Å². The van der Waals surface area contributed by atoms with Crippen LogP contribution in [0.2, 0.25) is 0 Å². The highest BCUT2D eigenvalue weighted by molar-refractivity contribution is 5.58. The first-order valence-corrected chi connectivity index (χ1v) is 4.66. The summed E-state index contributed by atoms with van der Waals surface area (Å²) in [6.45, 7) is 0. The molecule has 0 spiro atoms. The van der Waals surface area contributed by atoms with Crippen molar-refractivity contribution in [3.63, 3.8) is 0 Å². The highest BCUT2D eigenvalue weighted by Crippen LogP contribution is 2.16. The number of nitro benzene ring substituents is 1. The van der Waals surface area contributed by atoms with Crippen LogP contribution in [0, 0.1) is 10.1 Å². The monoisotopic (exact) mass is 206 g/mol. The van der Waals surface area contributed by atoms with Crippen LogP contribution in [0.1, 0.15) is 12.0 Å². The molecule has 0 saturated carbocycles. The van der Waals surface area contributed by atoms with Gasteiger partial charge >= 0.3 is 0 Å². The largest absolute Gasteiger partial charge is 0.392 e. The molecule has 0 aromatic heterocycles. The van der Waals surface area contributed by atoms with Crippen molar-refractivity contribution in [2.75, 3.05) is 0 Å². The molecule has 1 aliphatic heterocycles. The van der Waals surface area contributed by atoms with Crippen molar-refractivity contribution in [2.24, 2.45) is 5.16 Å². The van der Waals surface area contributed by atoms with Gasteiger partial charge in [-0.1, -0.05) is 17.3 Å². The maximum Gasteiger partial charge on any atom is 0.269 e. The number of hydrogen-bond donors (Lipinski definition) is 0. The van der Waals surface area contributed by atoms with Crippen molar-refractivity contribution < 1.29 is 9.76 Å². The molecule has 5 nitrogen and oxygen atoms in total. The fraction of sp³-hybridized carbons (Fsp3) is 0.300. The van der Waals surface area contributed by atoms with Gasteiger partial charge in [0.1, 0.15) is 6.10 Å². The Morgan fingerprint density at radius 1 is 1.47 bits per heavy atom. The van der Waals surface area contributed by atoms with E-state index in [1.54, 1.807) is 18.3 Å². The van der Waals surface area contributed by atoms with Gasteiger partial charge in [0.15, 0.2) is 0 Å². The van der Waals surface area contributed by atoms with Gasteiger partial charge in [0, 0.05) is 31.2 Å². The molecular formula is C10H10N2O3. The predicted molar refractivity (Wildman–Crippen MR) is 54.8 cm³/mol. The van der Waals surface area contributed by atoms with E-state index < -0.39 is 4.92 Å². The molecule has 5 heteroatoms. The number of oxime groups is 1. The van der Waals surface area contributed by atoms with Gasteiger partial charge < -0.3 is 4.84 Å². The molecule has 0 aliphatic carbocycles. The first kappa shape index (κ1) is 9.64. The van der Waals surface area contributed by atoms with Crippen LogP contribution in [-0.2, 0) is 11.3 Å². The van der Waals surface area contributed by atoms with Crippen molar-refractivity contribution in [1.82, 2.24) is 0 Å². The fourth-order valence-electron chi connectivity index (χ4n) is 1.47. The molecule has 0 saturated heterocycles. The SMILES string of the molecule is O=[N+]([O-])c1ccc(CC2CC=NO2)cc1. The molecule has 1 unspecified atom stereocenters. The van der Waals surface area contributed by atoms with Crippen molar-refractivity contribution in [2.45, 2.75) is 18.9 Å². The Balaban J connectivity index is 2.00. The molecule has 0 amide bonds. The molecule has 0 bridgehead atoms. The molecule has 0 N–H and O–H groups in total. The van der Waals surface area contributed by atoms with Crippen molar-refractivity contribution in [3.05, 3.63) is 39.9 Å². The Morgan fingerprint density at radius 2 is 2.20 bits per heavy atom. The third-order valence-electron chi connectivity index (χ3n) is 2.26. The summed E-state index contributed by atoms with van der Waals surface area (Å²) in [5, 5.41) is 14.1. The van der Waals surface area contributed by atoms with E-state index >= 15 is 0 Å². The topological polar surface area (TPSA) is 64.7 Å². The van der Waals surface area contributed by atoms with Gasteiger partial charge in [-0.15, -0.1) is 0 Å². The average Bonchev–Trinajstić information content (AvgIpc) is 2.71. The Bertz CT molecular complexity index is 378. The Kier molecular flexibility index (Phi) is 2.62. The number of non-ortho nitro benzene ring substituents is 1. The van der Waals surface area contributed by atoms with Crippen LogP contribution in [0.3, 0.4) is 0 Å². The van der Waals surface area contributed by atoms with Crippen LogP contribution >= 0.6 is 0 Å². The normalized spacial score (nSPS) is 18.8. The van der Waals surface area contributed by atoms with Crippen LogP contribution in [0.15, 0.2) is 29.4 Å². The molecule has 0 fully saturated rings. The van der Waals surface area contributed by atoms with E-state index in [2.05, 4.69) is 5.16 Å². The zero-order valence-electron chi connectivity index (χ0n) is 8.00. The smallest absolute Gasteiger partial charge is 0.269 e. The van der Waals surface area contributed by atoms with Crippen molar-refractivity contribution in [3.8, 4) is 0 Å². The quantitative estimate of drug-likeness (QED) is 0.560. The summed E-state index contributed by atoms with van der Waals surface area (Å²) >= 11 is 0. The summed E-state index contributed by atoms with van der Waals surface area (Å²) in [4.78, 5) is 15.1. The summed E-state index contributed by atoms with van der Waals surface area (Å²) in [6.07, 6.45) is 3.34. The Hall–Kier alpha value is -1.91. The van der Waals surface area contributed by atoms with Crippen LogP contribution in [0.4, 0.5) is 5.69 Å². The molecule has 1 atom stereocenters. The maximum atomic E-state index is 10.4. The van der Waals surface area contributed by atoms with Crippen LogP contribution < -0.4 is 0 Å². The third kappa shape index (κ3) is 2.31. The molecule has 1 heterocycles. The van der Waals surface area contributed by atoms with E-state index in [1.165, 1.54) is 12.1 Å². The van der Waals surface area contributed by atoms with E-state index in [0.717, 1.165) is 18.4 Å². The van der Waals surface area contributed by atoms with Gasteiger partial charge in [-0.3, -0.25) is 10.1 Å². The summed E-state index contributed by atoms with van der Waals surface area (Å²) in [5.41, 5.74) is 1.14. The standard InChI is InChI=1S/C10H10N2O3/c13-12(14)9-3-1-8(2-4-9)7-10-5-6-11-15-10/h1-4,6,10H,5,7H2. The van der Waals surface area contributed by atoms with Gasteiger partial charge in [-0.2, -0.15) is 0 Å². The third-order valence-corrected chi connectivity index (χ3v) is 2.26. The molecular weight excluding hydrogens is 196 g/mol. The summed E-state index contributed by atoms with van der Waals surface area (Å²) in [6, 6.07) is 6.51. The van der Waals surface area contributed by atoms with E-state index in [9.17, 15) is 10.1 Å². The zero-order chi connectivity index (χ0) is 10.7. The molecule has 1 aromatic rings. The number of nitrogens with zero attached hydrogens (tertiary/aromatic N) is 2. The van der Waals surface area contributed by atoms with E-state index in [1.807, 2.05) is 0 Å². The molecule has 1 aromatic carbocycles. The van der Waals surface area contributed by atoms with E-state index in [4.69, 9.17) is 4.84 Å². The second kappa shape index (κ2) is 4.08. The molecule has 15 heavy (non-hydrogen) atoms. The van der Waals surface area contributed by atoms with Gasteiger partial charge in [-0.05, 0) is 5.56 Å². The Labute approximate surface area is 86.5 Å². The van der Waals surface area contributed by atoms with Gasteiger partial charge in [0.05, 0.1) is 4.92 Å². The van der Waals surface area contributed by atoms with Crippen molar-refractivity contribution in [1.29, 1.82) is 0 Å². The van der Waals surface area contributed by atoms with E-state index in [-0.39, 0.29) is 11.8 Å². The van der Waals surface area contributed by atoms with Crippen LogP contribution in [0.5, 0.6) is 0 Å². The van der Waals surface area contributed by atoms with E-state index in [0.29, 0.717) is 0 Å². The second-order valence-corrected chi connectivity index (χ2v) is 3.38. The lowest BCUT2D eigenvalue weighted by Crippen LogP contribution is -2.08. The minimum Gasteiger partial charge on any atom is -0.392 e. The molecule has 78 valence electrons. The highest BCUT2D eigenvalue weighted by atomic mass is 16.6. The predicted octanol–water partition coefficient (Wildman–Crippen LogP) is 1.91. The average molecular weight is 206 g/mol. The molecule has 0 radical (unpaired) electrons. The van der Waals surface area contributed by atoms with Crippen molar-refractivity contribution >= 4 is 11.9 Å². The zero-order valence-corrected chi connectivity index (χ0v) is 8.00. The molecule has 2 rings (SSSR count). The summed E-state index contributed by atoms with van der Waals surface area (Å²) < 4.78 is 0. The lowest BCUT2D eigenvalue weighted by Gasteiger charge is -2.07. The lowest BCUT2D eigenvalue weighted by molar-refractivity contribution is -0.384. The minimum atomic E-state index is -0.404. The number of benzene rings is 1. The van der Waals surface area contributed by atoms with Gasteiger partial charge in [-0.25, -0.2) is 0 Å². The minimum absolute atomic E-state index is 0.0754. The maximum absolute atomic E-state index is 10.4. The first-order chi connectivity index (χ1) is 7.25. The number of hydrogen-bond acceptors (Lipinski definition) is 4. The van der Waals surface area contributed by atoms with Gasteiger partial charge in [0.2, 0.25) is 0 Å². The fourth-order valence-corrected chi connectivity index (χ4v) is 1.47. The molecule has 1 aliphatic rings. The van der Waals surface area contributed by atoms with Crippen LogP contribution in [-0.4, -0.2) is 17.2 Å². The lowest BCUT2D eigenvalue weighted by atomic mass is 10.1. The Morgan fingerprint density at radius 3 is 2.73 bits per heavy atom. The van der Waals surface area contributed by atoms with Crippen LogP contribution in [0.25, 0.3) is 0 Å². The summed E-state index contributed by atoms with van der Waals surface area (Å²) in [5.74, 6) is 0.